The van der Waals surface area contributed by atoms with Gasteiger partial charge in [0.1, 0.15) is 0 Å². The van der Waals surface area contributed by atoms with E-state index in [1.165, 1.54) is 5.56 Å². The van der Waals surface area contributed by atoms with Crippen LogP contribution < -0.4 is 0 Å². The fraction of sp³-hybridized carbons (Fsp3) is 0.632. The smallest absolute Gasteiger partial charge is 0.226 e. The van der Waals surface area contributed by atoms with Crippen LogP contribution in [0.3, 0.4) is 0 Å². The van der Waals surface area contributed by atoms with Crippen LogP contribution >= 0.6 is 0 Å². The molecular weight excluding hydrogens is 302 g/mol. The lowest BCUT2D eigenvalue weighted by atomic mass is 9.94. The van der Waals surface area contributed by atoms with E-state index in [2.05, 4.69) is 22.0 Å². The van der Waals surface area contributed by atoms with Gasteiger partial charge in [-0.15, -0.1) is 0 Å². The predicted octanol–water partition coefficient (Wildman–Crippen LogP) is 2.26. The summed E-state index contributed by atoms with van der Waals surface area (Å²) in [6.07, 6.45) is 9.54. The molecule has 1 aromatic rings. The Labute approximate surface area is 144 Å². The molecule has 3 heterocycles. The molecule has 5 heteroatoms. The van der Waals surface area contributed by atoms with Crippen LogP contribution in [0.15, 0.2) is 24.5 Å². The first kappa shape index (κ1) is 16.9. The Morgan fingerprint density at radius 2 is 1.83 bits per heavy atom. The van der Waals surface area contributed by atoms with E-state index in [1.807, 2.05) is 17.3 Å². The molecule has 2 aliphatic heterocycles. The van der Waals surface area contributed by atoms with Crippen LogP contribution in [0, 0.1) is 5.92 Å². The molecule has 0 radical (unpaired) electrons. The van der Waals surface area contributed by atoms with Gasteiger partial charge in [-0.3, -0.25) is 14.6 Å². The lowest BCUT2D eigenvalue weighted by Crippen LogP contribution is -2.45. The second-order valence-electron chi connectivity index (χ2n) is 7.00. The van der Waals surface area contributed by atoms with Crippen molar-refractivity contribution in [3.63, 3.8) is 0 Å². The number of amides is 2. The third-order valence-electron chi connectivity index (χ3n) is 5.47. The molecule has 24 heavy (non-hydrogen) atoms. The molecule has 0 aromatic carbocycles. The largest absolute Gasteiger partial charge is 0.343 e. The van der Waals surface area contributed by atoms with Crippen molar-refractivity contribution < 1.29 is 9.59 Å². The Bertz CT molecular complexity index is 567. The summed E-state index contributed by atoms with van der Waals surface area (Å²) in [5.41, 5.74) is 1.29. The number of hydrogen-bond donors (Lipinski definition) is 0. The van der Waals surface area contributed by atoms with Crippen LogP contribution in [-0.2, 0) is 16.0 Å². The van der Waals surface area contributed by atoms with Gasteiger partial charge in [-0.2, -0.15) is 0 Å². The molecular formula is C19H27N3O2. The molecule has 2 saturated heterocycles. The quantitative estimate of drug-likeness (QED) is 0.851. The van der Waals surface area contributed by atoms with E-state index in [0.717, 1.165) is 58.2 Å². The molecule has 0 aliphatic carbocycles. The highest BCUT2D eigenvalue weighted by molar-refractivity contribution is 5.80. The second kappa shape index (κ2) is 7.77. The van der Waals surface area contributed by atoms with Gasteiger partial charge >= 0.3 is 0 Å². The third-order valence-corrected chi connectivity index (χ3v) is 5.47. The van der Waals surface area contributed by atoms with Crippen molar-refractivity contribution in [3.8, 4) is 0 Å². The molecule has 2 fully saturated rings. The molecule has 2 aliphatic rings. The summed E-state index contributed by atoms with van der Waals surface area (Å²) in [6.45, 7) is 3.95. The van der Waals surface area contributed by atoms with E-state index < -0.39 is 0 Å². The Morgan fingerprint density at radius 1 is 1.12 bits per heavy atom. The first-order valence-electron chi connectivity index (χ1n) is 9.10. The topological polar surface area (TPSA) is 53.5 Å². The van der Waals surface area contributed by atoms with Crippen molar-refractivity contribution in [2.24, 2.45) is 5.92 Å². The van der Waals surface area contributed by atoms with E-state index in [9.17, 15) is 9.59 Å². The van der Waals surface area contributed by atoms with Crippen LogP contribution in [0.25, 0.3) is 0 Å². The standard InChI is InChI=1S/C19H27N3O2/c1-15(23)21-13-8-17(9-14-21)19(24)22-12-2-3-18(22)5-4-16-6-10-20-11-7-16/h6-7,10-11,17-18H,2-5,8-9,12-14H2,1H3. The van der Waals surface area contributed by atoms with E-state index in [-0.39, 0.29) is 11.8 Å². The van der Waals surface area contributed by atoms with Gasteiger partial charge in [0.25, 0.3) is 0 Å². The summed E-state index contributed by atoms with van der Waals surface area (Å²) in [5, 5.41) is 0. The van der Waals surface area contributed by atoms with Crippen molar-refractivity contribution in [1.82, 2.24) is 14.8 Å². The SMILES string of the molecule is CC(=O)N1CCC(C(=O)N2CCCC2CCc2ccncc2)CC1. The molecule has 0 spiro atoms. The maximum absolute atomic E-state index is 12.9. The van der Waals surface area contributed by atoms with Crippen molar-refractivity contribution in [2.45, 2.75) is 51.5 Å². The number of nitrogens with zero attached hydrogens (tertiary/aromatic N) is 3. The minimum Gasteiger partial charge on any atom is -0.343 e. The molecule has 5 nitrogen and oxygen atoms in total. The summed E-state index contributed by atoms with van der Waals surface area (Å²) in [5.74, 6) is 0.537. The highest BCUT2D eigenvalue weighted by Gasteiger charge is 2.34. The van der Waals surface area contributed by atoms with Gasteiger partial charge in [0, 0.05) is 50.9 Å². The number of piperidine rings is 1. The summed E-state index contributed by atoms with van der Waals surface area (Å²) >= 11 is 0. The number of carbonyl (C=O) groups is 2. The van der Waals surface area contributed by atoms with Gasteiger partial charge in [-0.25, -0.2) is 0 Å². The van der Waals surface area contributed by atoms with Crippen molar-refractivity contribution in [2.75, 3.05) is 19.6 Å². The van der Waals surface area contributed by atoms with Gasteiger partial charge in [-0.1, -0.05) is 0 Å². The molecule has 1 atom stereocenters. The number of pyridine rings is 1. The fourth-order valence-electron chi connectivity index (χ4n) is 3.98. The fourth-order valence-corrected chi connectivity index (χ4v) is 3.98. The van der Waals surface area contributed by atoms with Gasteiger partial charge in [-0.05, 0) is 56.2 Å². The zero-order valence-corrected chi connectivity index (χ0v) is 14.5. The molecule has 0 N–H and O–H groups in total. The molecule has 2 amide bonds. The Morgan fingerprint density at radius 3 is 2.50 bits per heavy atom. The number of aryl methyl sites for hydroxylation is 1. The minimum atomic E-state index is 0.0992. The first-order chi connectivity index (χ1) is 11.6. The minimum absolute atomic E-state index is 0.0992. The lowest BCUT2D eigenvalue weighted by Gasteiger charge is -2.34. The molecule has 3 rings (SSSR count). The number of aromatic nitrogens is 1. The number of likely N-dealkylation sites (tertiary alicyclic amines) is 2. The summed E-state index contributed by atoms with van der Waals surface area (Å²) < 4.78 is 0. The summed E-state index contributed by atoms with van der Waals surface area (Å²) in [6, 6.07) is 4.48. The van der Waals surface area contributed by atoms with Gasteiger partial charge in [0.15, 0.2) is 0 Å². The number of carbonyl (C=O) groups excluding carboxylic acids is 2. The number of rotatable bonds is 4. The van der Waals surface area contributed by atoms with Gasteiger partial charge < -0.3 is 9.80 Å². The first-order valence-corrected chi connectivity index (χ1v) is 9.10. The Balaban J connectivity index is 1.53. The van der Waals surface area contributed by atoms with Crippen LogP contribution in [0.2, 0.25) is 0 Å². The molecule has 130 valence electrons. The lowest BCUT2D eigenvalue weighted by molar-refractivity contribution is -0.140. The van der Waals surface area contributed by atoms with Crippen molar-refractivity contribution in [3.05, 3.63) is 30.1 Å². The maximum Gasteiger partial charge on any atom is 0.226 e. The number of hydrogen-bond acceptors (Lipinski definition) is 3. The van der Waals surface area contributed by atoms with E-state index in [1.54, 1.807) is 6.92 Å². The van der Waals surface area contributed by atoms with Crippen LogP contribution in [-0.4, -0.2) is 52.3 Å². The summed E-state index contributed by atoms with van der Waals surface area (Å²) in [7, 11) is 0. The predicted molar refractivity (Wildman–Crippen MR) is 92.3 cm³/mol. The van der Waals surface area contributed by atoms with Crippen LogP contribution in [0.1, 0.15) is 44.6 Å². The van der Waals surface area contributed by atoms with Crippen LogP contribution in [0.4, 0.5) is 0 Å². The Kier molecular flexibility index (Phi) is 5.48. The Hall–Kier alpha value is -1.91. The zero-order valence-electron chi connectivity index (χ0n) is 14.5. The van der Waals surface area contributed by atoms with Gasteiger partial charge in [0.2, 0.25) is 11.8 Å². The molecule has 0 bridgehead atoms. The maximum atomic E-state index is 12.9. The molecule has 1 unspecified atom stereocenters. The average Bonchev–Trinajstić information content (AvgIpc) is 3.09. The zero-order chi connectivity index (χ0) is 16.9. The molecule has 1 aromatic heterocycles. The van der Waals surface area contributed by atoms with E-state index in [4.69, 9.17) is 0 Å². The van der Waals surface area contributed by atoms with E-state index >= 15 is 0 Å². The second-order valence-corrected chi connectivity index (χ2v) is 7.00. The van der Waals surface area contributed by atoms with Crippen LogP contribution in [0.5, 0.6) is 0 Å². The van der Waals surface area contributed by atoms with E-state index in [0.29, 0.717) is 11.9 Å². The van der Waals surface area contributed by atoms with Crippen molar-refractivity contribution >= 4 is 11.8 Å². The average molecular weight is 329 g/mol. The monoisotopic (exact) mass is 329 g/mol. The van der Waals surface area contributed by atoms with Crippen molar-refractivity contribution in [1.29, 1.82) is 0 Å². The van der Waals surface area contributed by atoms with Gasteiger partial charge in [0.05, 0.1) is 0 Å². The highest BCUT2D eigenvalue weighted by atomic mass is 16.2. The normalized spacial score (nSPS) is 22.0. The summed E-state index contributed by atoms with van der Waals surface area (Å²) in [4.78, 5) is 32.4. The third kappa shape index (κ3) is 3.94. The molecule has 0 saturated carbocycles. The highest BCUT2D eigenvalue weighted by Crippen LogP contribution is 2.27.